The number of nitrogens with zero attached hydrogens (tertiary/aromatic N) is 4. The molecule has 69 heavy (non-hydrogen) atoms. The van der Waals surface area contributed by atoms with E-state index in [1.165, 1.54) is 6.07 Å². The van der Waals surface area contributed by atoms with Gasteiger partial charge < -0.3 is 19.5 Å². The fraction of sp³-hybridized carbons (Fsp3) is 0.111. The summed E-state index contributed by atoms with van der Waals surface area (Å²) in [7, 11) is -1.95. The van der Waals surface area contributed by atoms with Crippen LogP contribution in [0.15, 0.2) is 170 Å². The largest absolute Gasteiger partial charge is 0.487 e. The van der Waals surface area contributed by atoms with Crippen molar-refractivity contribution < 1.29 is 37.3 Å². The third-order valence-electron chi connectivity index (χ3n) is 11.7. The third kappa shape index (κ3) is 9.78. The predicted octanol–water partition coefficient (Wildman–Crippen LogP) is 11.0. The molecule has 0 spiro atoms. The molecule has 3 heterocycles. The van der Waals surface area contributed by atoms with Gasteiger partial charge in [-0.25, -0.2) is 13.4 Å². The van der Waals surface area contributed by atoms with Gasteiger partial charge in [-0.2, -0.15) is 10.1 Å². The SMILES string of the molecule is Cn1nc(-c2ccc(OCc3ccccc3)nc2OCc2ccccc2)c2ccc(-c3ccc(CC(=O)Nc4ccc5c(F)c(N6CC(=O)NS6(O)O)c(OCc6ccccc6)cc5c4)cc3)cc21. The van der Waals surface area contributed by atoms with Crippen molar-refractivity contribution in [2.75, 3.05) is 16.2 Å². The molecule has 1 aliphatic heterocycles. The van der Waals surface area contributed by atoms with Gasteiger partial charge in [0.25, 0.3) is 5.91 Å². The van der Waals surface area contributed by atoms with E-state index in [4.69, 9.17) is 24.3 Å². The number of carbonyl (C=O) groups excluding carboxylic acids is 2. The van der Waals surface area contributed by atoms with Crippen LogP contribution in [0.2, 0.25) is 0 Å². The van der Waals surface area contributed by atoms with Crippen LogP contribution in [0.3, 0.4) is 0 Å². The van der Waals surface area contributed by atoms with Gasteiger partial charge in [-0.1, -0.05) is 121 Å². The Balaban J connectivity index is 0.851. The molecule has 2 aromatic heterocycles. The average molecular weight is 941 g/mol. The van der Waals surface area contributed by atoms with Crippen LogP contribution < -0.4 is 28.6 Å². The summed E-state index contributed by atoms with van der Waals surface area (Å²) in [6.45, 7) is 0.255. The van der Waals surface area contributed by atoms with Crippen molar-refractivity contribution in [3.63, 3.8) is 0 Å². The van der Waals surface area contributed by atoms with Crippen LogP contribution in [0.1, 0.15) is 22.3 Å². The number of hydrogen-bond donors (Lipinski definition) is 4. The monoisotopic (exact) mass is 940 g/mol. The van der Waals surface area contributed by atoms with Gasteiger partial charge in [0.1, 0.15) is 43.5 Å². The van der Waals surface area contributed by atoms with E-state index in [2.05, 4.69) is 16.1 Å². The molecule has 0 atom stereocenters. The summed E-state index contributed by atoms with van der Waals surface area (Å²) in [5.74, 6) is -0.905. The van der Waals surface area contributed by atoms with E-state index in [1.807, 2.05) is 151 Å². The van der Waals surface area contributed by atoms with Gasteiger partial charge in [0.2, 0.25) is 17.7 Å². The van der Waals surface area contributed by atoms with Crippen LogP contribution >= 0.6 is 11.0 Å². The summed E-state index contributed by atoms with van der Waals surface area (Å²) in [5, 5.41) is 9.31. The highest BCUT2D eigenvalue weighted by molar-refractivity contribution is 8.24. The molecule has 0 bridgehead atoms. The Morgan fingerprint density at radius 3 is 1.99 bits per heavy atom. The topological polar surface area (TPSA) is 160 Å². The molecule has 0 radical (unpaired) electrons. The first kappa shape index (κ1) is 44.6. The van der Waals surface area contributed by atoms with Crippen molar-refractivity contribution in [2.45, 2.75) is 26.2 Å². The lowest BCUT2D eigenvalue weighted by Gasteiger charge is -2.37. The second-order valence-electron chi connectivity index (χ2n) is 16.5. The van der Waals surface area contributed by atoms with Crippen molar-refractivity contribution in [1.82, 2.24) is 19.5 Å². The molecule has 0 unspecified atom stereocenters. The number of rotatable bonds is 15. The number of pyridine rings is 1. The normalized spacial score (nSPS) is 13.6. The van der Waals surface area contributed by atoms with Crippen LogP contribution in [0.5, 0.6) is 17.5 Å². The lowest BCUT2D eigenvalue weighted by molar-refractivity contribution is -0.117. The van der Waals surface area contributed by atoms with Crippen molar-refractivity contribution in [3.8, 4) is 39.9 Å². The summed E-state index contributed by atoms with van der Waals surface area (Å²) in [6, 6.07) is 53.0. The molecule has 9 aromatic rings. The lowest BCUT2D eigenvalue weighted by atomic mass is 10.0. The van der Waals surface area contributed by atoms with Gasteiger partial charge in [-0.05, 0) is 92.2 Å². The Morgan fingerprint density at radius 2 is 1.33 bits per heavy atom. The molecule has 1 saturated heterocycles. The van der Waals surface area contributed by atoms with Gasteiger partial charge in [0.15, 0.2) is 5.82 Å². The fourth-order valence-electron chi connectivity index (χ4n) is 8.24. The number of amides is 2. The predicted molar refractivity (Wildman–Crippen MR) is 266 cm³/mol. The van der Waals surface area contributed by atoms with Gasteiger partial charge in [0, 0.05) is 29.6 Å². The highest BCUT2D eigenvalue weighted by Crippen LogP contribution is 2.51. The van der Waals surface area contributed by atoms with E-state index in [9.17, 15) is 18.7 Å². The Morgan fingerprint density at radius 1 is 0.710 bits per heavy atom. The van der Waals surface area contributed by atoms with Gasteiger partial charge in [-0.3, -0.25) is 23.4 Å². The maximum absolute atomic E-state index is 16.4. The number of anilines is 2. The summed E-state index contributed by atoms with van der Waals surface area (Å²) in [4.78, 5) is 30.4. The molecule has 10 rings (SSSR count). The first-order valence-corrected chi connectivity index (χ1v) is 23.6. The third-order valence-corrected chi connectivity index (χ3v) is 13.1. The zero-order valence-corrected chi connectivity index (χ0v) is 38.0. The van der Waals surface area contributed by atoms with Crippen molar-refractivity contribution >= 4 is 55.8 Å². The molecule has 4 N–H and O–H groups in total. The summed E-state index contributed by atoms with van der Waals surface area (Å²) in [5.41, 5.74) is 8.06. The second kappa shape index (κ2) is 19.2. The van der Waals surface area contributed by atoms with E-state index >= 15 is 4.39 Å². The maximum atomic E-state index is 16.4. The second-order valence-corrected chi connectivity index (χ2v) is 18.2. The Kier molecular flexibility index (Phi) is 12.4. The van der Waals surface area contributed by atoms with Crippen LogP contribution in [0.4, 0.5) is 15.8 Å². The quantitative estimate of drug-likeness (QED) is 0.0779. The van der Waals surface area contributed by atoms with Crippen molar-refractivity contribution in [2.24, 2.45) is 7.05 Å². The van der Waals surface area contributed by atoms with Crippen LogP contribution in [0, 0.1) is 5.82 Å². The van der Waals surface area contributed by atoms with E-state index in [-0.39, 0.29) is 35.8 Å². The minimum atomic E-state index is -3.85. The minimum absolute atomic E-state index is 0.00186. The molecule has 0 saturated carbocycles. The zero-order valence-electron chi connectivity index (χ0n) is 37.2. The molecule has 2 amide bonds. The Bertz CT molecular complexity index is 3340. The number of ether oxygens (including phenoxy) is 3. The average Bonchev–Trinajstić information content (AvgIpc) is 3.84. The molecule has 7 aromatic carbocycles. The number of nitrogens with one attached hydrogen (secondary N) is 2. The Labute approximate surface area is 398 Å². The number of benzene rings is 7. The molecule has 346 valence electrons. The highest BCUT2D eigenvalue weighted by atomic mass is 32.3. The smallest absolute Gasteiger partial charge is 0.260 e. The molecule has 15 heteroatoms. The van der Waals surface area contributed by atoms with Gasteiger partial charge in [0.05, 0.1) is 17.5 Å². The molecule has 0 aliphatic carbocycles. The van der Waals surface area contributed by atoms with E-state index in [1.54, 1.807) is 18.2 Å². The van der Waals surface area contributed by atoms with Crippen LogP contribution in [-0.2, 0) is 42.9 Å². The van der Waals surface area contributed by atoms with E-state index in [0.29, 0.717) is 36.0 Å². The first-order valence-electron chi connectivity index (χ1n) is 22.0. The number of carbonyl (C=O) groups is 2. The van der Waals surface area contributed by atoms with E-state index < -0.39 is 29.2 Å². The molecular weight excluding hydrogens is 896 g/mol. The first-order chi connectivity index (χ1) is 33.5. The van der Waals surface area contributed by atoms with Gasteiger partial charge >= 0.3 is 0 Å². The standard InChI is InChI=1S/C54H45FN6O7S/c1-60-46-29-40(21-23-44(46)52(58-60)45-25-26-50(67-33-37-13-7-3-8-14-37)57-54(45)68-34-38-15-9-4-10-16-38)39-19-17-35(18-20-39)27-48(62)56-42-22-24-43-41(28-42)30-47(66-32-36-11-5-2-6-12-36)53(51(43)55)61-31-49(63)59-69(61,64)65/h2-26,28-30,64-65H,27,31-34H2,1H3,(H,56,62)(H,59,63). The van der Waals surface area contributed by atoms with Crippen molar-refractivity contribution in [1.29, 1.82) is 0 Å². The molecule has 13 nitrogen and oxygen atoms in total. The van der Waals surface area contributed by atoms with Crippen LogP contribution in [0.25, 0.3) is 44.1 Å². The number of fused-ring (bicyclic) bond motifs is 2. The molecule has 1 aliphatic rings. The zero-order chi connectivity index (χ0) is 47.5. The van der Waals surface area contributed by atoms with Gasteiger partial charge in [-0.15, -0.1) is 0 Å². The molecular formula is C54H45FN6O7S. The number of aryl methyl sites for hydroxylation is 1. The number of aromatic nitrogens is 3. The van der Waals surface area contributed by atoms with Crippen LogP contribution in [-0.4, -0.2) is 42.2 Å². The highest BCUT2D eigenvalue weighted by Gasteiger charge is 2.39. The maximum Gasteiger partial charge on any atom is 0.260 e. The number of halogens is 1. The number of hydrogen-bond acceptors (Lipinski definition) is 10. The molecule has 1 fully saturated rings. The lowest BCUT2D eigenvalue weighted by Crippen LogP contribution is -2.26. The summed E-state index contributed by atoms with van der Waals surface area (Å²) >= 11 is 0. The van der Waals surface area contributed by atoms with Crippen molar-refractivity contribution in [3.05, 3.63) is 198 Å². The van der Waals surface area contributed by atoms with E-state index in [0.717, 1.165) is 59.8 Å². The summed E-state index contributed by atoms with van der Waals surface area (Å²) in [6.07, 6.45) is 0.0772. The minimum Gasteiger partial charge on any atom is -0.487 e. The summed E-state index contributed by atoms with van der Waals surface area (Å²) < 4.78 is 61.0. The Hall–Kier alpha value is -8.24. The fourth-order valence-corrected chi connectivity index (χ4v) is 9.44.